The smallest absolute Gasteiger partial charge is 0.360 e. The Labute approximate surface area is 220 Å². The molecule has 3 aromatic carbocycles. The van der Waals surface area contributed by atoms with Gasteiger partial charge in [-0.3, -0.25) is 0 Å². The van der Waals surface area contributed by atoms with Crippen LogP contribution in [0.4, 0.5) is 5.13 Å². The third kappa shape index (κ3) is 5.32. The van der Waals surface area contributed by atoms with Gasteiger partial charge in [-0.2, -0.15) is 0 Å². The van der Waals surface area contributed by atoms with Crippen molar-refractivity contribution in [2.24, 2.45) is 5.16 Å². The molecular weight excluding hydrogens is 482 g/mol. The predicted molar refractivity (Wildman–Crippen MR) is 147 cm³/mol. The molecule has 0 spiro atoms. The number of hydrogen-bond donors (Lipinski definition) is 2. The number of benzene rings is 3. The number of anilines is 1. The van der Waals surface area contributed by atoms with Crippen LogP contribution in [-0.4, -0.2) is 27.9 Å². The van der Waals surface area contributed by atoms with Crippen LogP contribution in [0.25, 0.3) is 0 Å². The van der Waals surface area contributed by atoms with Gasteiger partial charge in [-0.25, -0.2) is 9.78 Å². The minimum atomic E-state index is -1.18. The number of carboxylic acids is 1. The largest absolute Gasteiger partial charge is 0.476 e. The number of oxime groups is 1. The van der Waals surface area contributed by atoms with Gasteiger partial charge in [-0.15, -0.1) is 11.3 Å². The van der Waals surface area contributed by atoms with Crippen molar-refractivity contribution in [3.8, 4) is 0 Å². The Morgan fingerprint density at radius 1 is 0.946 bits per heavy atom. The molecule has 0 saturated carbocycles. The number of aliphatic carboxylic acids is 1. The first-order valence-corrected chi connectivity index (χ1v) is 13.1. The van der Waals surface area contributed by atoms with E-state index in [-0.39, 0.29) is 17.5 Å². The van der Waals surface area contributed by atoms with Crippen LogP contribution in [0.5, 0.6) is 0 Å². The fraction of sp³-hybridized carbons (Fsp3) is 0.167. The molecule has 1 unspecified atom stereocenters. The lowest BCUT2D eigenvalue weighted by Crippen LogP contribution is -2.38. The van der Waals surface area contributed by atoms with Gasteiger partial charge in [-0.05, 0) is 42.0 Å². The highest BCUT2D eigenvalue weighted by Crippen LogP contribution is 2.40. The summed E-state index contributed by atoms with van der Waals surface area (Å²) >= 11 is 1.33. The maximum atomic E-state index is 12.0. The average molecular weight is 510 g/mol. The van der Waals surface area contributed by atoms with E-state index in [1.165, 1.54) is 11.3 Å². The number of aromatic nitrogens is 1. The number of allylic oxidation sites excluding steroid dienone is 1. The second-order valence-electron chi connectivity index (χ2n) is 8.76. The van der Waals surface area contributed by atoms with Crippen molar-refractivity contribution in [3.63, 3.8) is 0 Å². The van der Waals surface area contributed by atoms with Gasteiger partial charge in [0.1, 0.15) is 17.3 Å². The zero-order valence-corrected chi connectivity index (χ0v) is 21.0. The summed E-state index contributed by atoms with van der Waals surface area (Å²) in [5, 5.41) is 19.8. The molecule has 1 atom stereocenters. The summed E-state index contributed by atoms with van der Waals surface area (Å²) in [5.74, 6) is -1.18. The molecule has 0 aliphatic heterocycles. The average Bonchev–Trinajstić information content (AvgIpc) is 3.41. The third-order valence-corrected chi connectivity index (χ3v) is 7.11. The highest BCUT2D eigenvalue weighted by atomic mass is 32.1. The van der Waals surface area contributed by atoms with Gasteiger partial charge in [0.2, 0.25) is 5.71 Å². The summed E-state index contributed by atoms with van der Waals surface area (Å²) in [7, 11) is 0. The fourth-order valence-corrected chi connectivity index (χ4v) is 5.32. The molecule has 2 N–H and O–H groups in total. The Bertz CT molecular complexity index is 1290. The Balaban J connectivity index is 1.56. The first-order chi connectivity index (χ1) is 18.2. The summed E-state index contributed by atoms with van der Waals surface area (Å²) in [6.45, 7) is 0. The first-order valence-electron chi connectivity index (χ1n) is 12.2. The topological polar surface area (TPSA) is 83.8 Å². The van der Waals surface area contributed by atoms with E-state index in [9.17, 15) is 9.90 Å². The van der Waals surface area contributed by atoms with Crippen molar-refractivity contribution < 1.29 is 14.7 Å². The molecule has 1 aliphatic carbocycles. The Kier molecular flexibility index (Phi) is 7.42. The predicted octanol–water partition coefficient (Wildman–Crippen LogP) is 6.46. The van der Waals surface area contributed by atoms with Crippen LogP contribution in [0.2, 0.25) is 0 Å². The van der Waals surface area contributed by atoms with Crippen LogP contribution in [0, 0.1) is 0 Å². The van der Waals surface area contributed by atoms with Gasteiger partial charge in [0.15, 0.2) is 5.13 Å². The second-order valence-corrected chi connectivity index (χ2v) is 9.62. The van der Waals surface area contributed by atoms with Gasteiger partial charge in [0.25, 0.3) is 0 Å². The summed E-state index contributed by atoms with van der Waals surface area (Å²) in [6.07, 6.45) is 6.54. The van der Waals surface area contributed by atoms with Crippen molar-refractivity contribution in [2.45, 2.75) is 30.9 Å². The van der Waals surface area contributed by atoms with E-state index in [4.69, 9.17) is 4.84 Å². The third-order valence-electron chi connectivity index (χ3n) is 6.35. The Hall–Kier alpha value is -4.23. The normalized spacial score (nSPS) is 15.8. The van der Waals surface area contributed by atoms with Crippen LogP contribution in [0.15, 0.2) is 114 Å². The quantitative estimate of drug-likeness (QED) is 0.117. The molecule has 1 aliphatic rings. The van der Waals surface area contributed by atoms with E-state index in [1.807, 2.05) is 66.7 Å². The molecule has 4 aromatic rings. The zero-order chi connectivity index (χ0) is 25.5. The Morgan fingerprint density at radius 3 is 2.00 bits per heavy atom. The molecule has 0 radical (unpaired) electrons. The van der Waals surface area contributed by atoms with Crippen molar-refractivity contribution in [1.82, 2.24) is 4.98 Å². The minimum Gasteiger partial charge on any atom is -0.476 e. The lowest BCUT2D eigenvalue weighted by atomic mass is 9.77. The van der Waals surface area contributed by atoms with Crippen LogP contribution >= 0.6 is 11.3 Å². The number of nitrogens with one attached hydrogen (secondary N) is 1. The lowest BCUT2D eigenvalue weighted by Gasteiger charge is -2.36. The van der Waals surface area contributed by atoms with E-state index in [0.29, 0.717) is 5.13 Å². The van der Waals surface area contributed by atoms with Crippen LogP contribution in [0.1, 0.15) is 41.6 Å². The first kappa shape index (κ1) is 24.5. The lowest BCUT2D eigenvalue weighted by molar-refractivity contribution is -0.129. The Morgan fingerprint density at radius 2 is 1.51 bits per heavy atom. The summed E-state index contributed by atoms with van der Waals surface area (Å²) in [4.78, 5) is 22.2. The highest BCUT2D eigenvalue weighted by molar-refractivity contribution is 7.14. The minimum absolute atomic E-state index is 0.215. The number of hydrogen-bond acceptors (Lipinski definition) is 6. The van der Waals surface area contributed by atoms with Crippen molar-refractivity contribution in [3.05, 3.63) is 131 Å². The van der Waals surface area contributed by atoms with Gasteiger partial charge in [0.05, 0.1) is 0 Å². The molecule has 7 heteroatoms. The molecule has 0 saturated heterocycles. The molecular formula is C30H27N3O3S. The fourth-order valence-electron chi connectivity index (χ4n) is 4.57. The molecule has 1 aromatic heterocycles. The van der Waals surface area contributed by atoms with E-state index in [0.717, 1.165) is 36.0 Å². The second kappa shape index (κ2) is 11.2. The van der Waals surface area contributed by atoms with Crippen LogP contribution in [-0.2, 0) is 15.2 Å². The monoisotopic (exact) mass is 509 g/mol. The standard InChI is InChI=1S/C30H27N3O3S/c34-28(35)27(33-36-25-19-11-4-12-20-25)26-21-37-29(31-26)32-30(22-13-5-1-6-14-22,23-15-7-2-8-16-23)24-17-9-3-10-18-24/h1-3,5-11,13-19,21,25H,4,12,20H2,(H,31,32)(H,34,35)/b33-27-. The SMILES string of the molecule is O=C(O)/C(=N\OC1C=CCCC1)c1csc(NC(c2ccccc2)(c2ccccc2)c2ccccc2)n1. The number of rotatable bonds is 9. The molecule has 6 nitrogen and oxygen atoms in total. The molecule has 0 amide bonds. The number of carbonyl (C=O) groups is 1. The summed E-state index contributed by atoms with van der Waals surface area (Å²) < 4.78 is 0. The van der Waals surface area contributed by atoms with Crippen molar-refractivity contribution >= 4 is 28.1 Å². The van der Waals surface area contributed by atoms with Crippen molar-refractivity contribution in [2.75, 3.05) is 5.32 Å². The molecule has 0 bridgehead atoms. The van der Waals surface area contributed by atoms with Crippen LogP contribution < -0.4 is 5.32 Å². The molecule has 1 heterocycles. The highest BCUT2D eigenvalue weighted by Gasteiger charge is 2.37. The number of nitrogens with zero attached hydrogens (tertiary/aromatic N) is 2. The van der Waals surface area contributed by atoms with E-state index >= 15 is 0 Å². The maximum absolute atomic E-state index is 12.0. The molecule has 37 heavy (non-hydrogen) atoms. The van der Waals surface area contributed by atoms with Gasteiger partial charge in [-0.1, -0.05) is 102 Å². The molecule has 0 fully saturated rings. The van der Waals surface area contributed by atoms with E-state index in [1.54, 1.807) is 5.38 Å². The molecule has 186 valence electrons. The number of thiazole rings is 1. The maximum Gasteiger partial charge on any atom is 0.360 e. The van der Waals surface area contributed by atoms with Crippen molar-refractivity contribution in [1.29, 1.82) is 0 Å². The number of carboxylic acid groups (broad SMARTS) is 1. The van der Waals surface area contributed by atoms with Gasteiger partial charge in [0, 0.05) is 5.38 Å². The molecule has 5 rings (SSSR count). The van der Waals surface area contributed by atoms with Gasteiger partial charge >= 0.3 is 5.97 Å². The summed E-state index contributed by atoms with van der Waals surface area (Å²) in [5.41, 5.74) is 2.37. The summed E-state index contributed by atoms with van der Waals surface area (Å²) in [6, 6.07) is 30.5. The van der Waals surface area contributed by atoms with E-state index in [2.05, 4.69) is 51.9 Å². The van der Waals surface area contributed by atoms with Crippen LogP contribution in [0.3, 0.4) is 0 Å². The van der Waals surface area contributed by atoms with E-state index < -0.39 is 11.5 Å². The zero-order valence-electron chi connectivity index (χ0n) is 20.2. The van der Waals surface area contributed by atoms with Gasteiger partial charge < -0.3 is 15.3 Å².